The topological polar surface area (TPSA) is 58.2 Å². The van der Waals surface area contributed by atoms with Gasteiger partial charge in [0.1, 0.15) is 17.6 Å². The van der Waals surface area contributed by atoms with Crippen molar-refractivity contribution in [3.05, 3.63) is 46.9 Å². The SMILES string of the molecule is CC(C)Oc1ccc(NCc2ccc(C#N)o2)cc1Cl. The molecule has 4 nitrogen and oxygen atoms in total. The summed E-state index contributed by atoms with van der Waals surface area (Å²) in [5.41, 5.74) is 0.862. The number of nitriles is 1. The third kappa shape index (κ3) is 3.69. The minimum absolute atomic E-state index is 0.0823. The van der Waals surface area contributed by atoms with Crippen LogP contribution in [-0.2, 0) is 6.54 Å². The Morgan fingerprint density at radius 2 is 2.15 bits per heavy atom. The molecule has 0 aliphatic carbocycles. The lowest BCUT2D eigenvalue weighted by Gasteiger charge is -2.12. The number of ether oxygens (including phenoxy) is 1. The average Bonchev–Trinajstić information content (AvgIpc) is 2.87. The van der Waals surface area contributed by atoms with E-state index in [4.69, 9.17) is 26.0 Å². The van der Waals surface area contributed by atoms with Crippen molar-refractivity contribution in [1.82, 2.24) is 0 Å². The van der Waals surface area contributed by atoms with Crippen LogP contribution in [0.25, 0.3) is 0 Å². The zero-order chi connectivity index (χ0) is 14.5. The molecule has 5 heteroatoms. The van der Waals surface area contributed by atoms with Crippen LogP contribution in [-0.4, -0.2) is 6.10 Å². The van der Waals surface area contributed by atoms with Crippen LogP contribution in [0.4, 0.5) is 5.69 Å². The van der Waals surface area contributed by atoms with Crippen LogP contribution < -0.4 is 10.1 Å². The van der Waals surface area contributed by atoms with Gasteiger partial charge in [0.25, 0.3) is 0 Å². The van der Waals surface area contributed by atoms with Gasteiger partial charge in [0.05, 0.1) is 17.7 Å². The third-order valence-corrected chi connectivity index (χ3v) is 2.83. The first kappa shape index (κ1) is 14.3. The maximum Gasteiger partial charge on any atom is 0.203 e. The lowest BCUT2D eigenvalue weighted by atomic mass is 10.3. The van der Waals surface area contributed by atoms with E-state index in [1.807, 2.05) is 32.0 Å². The first-order valence-electron chi connectivity index (χ1n) is 6.27. The first-order valence-corrected chi connectivity index (χ1v) is 6.65. The van der Waals surface area contributed by atoms with Crippen molar-refractivity contribution < 1.29 is 9.15 Å². The summed E-state index contributed by atoms with van der Waals surface area (Å²) in [5, 5.41) is 12.4. The fraction of sp³-hybridized carbons (Fsp3) is 0.267. The summed E-state index contributed by atoms with van der Waals surface area (Å²) in [6.07, 6.45) is 0.0823. The molecular weight excluding hydrogens is 276 g/mol. The summed E-state index contributed by atoms with van der Waals surface area (Å²) >= 11 is 6.15. The minimum Gasteiger partial charge on any atom is -0.489 e. The molecule has 0 bridgehead atoms. The summed E-state index contributed by atoms with van der Waals surface area (Å²) in [4.78, 5) is 0. The Morgan fingerprint density at radius 3 is 2.75 bits per heavy atom. The van der Waals surface area contributed by atoms with Crippen molar-refractivity contribution in [2.75, 3.05) is 5.32 Å². The molecule has 0 atom stereocenters. The number of nitrogens with zero attached hydrogens (tertiary/aromatic N) is 1. The maximum absolute atomic E-state index is 8.68. The van der Waals surface area contributed by atoms with Gasteiger partial charge in [0.15, 0.2) is 0 Å². The molecule has 0 unspecified atom stereocenters. The van der Waals surface area contributed by atoms with E-state index in [0.717, 1.165) is 5.69 Å². The summed E-state index contributed by atoms with van der Waals surface area (Å²) < 4.78 is 10.8. The van der Waals surface area contributed by atoms with Crippen LogP contribution >= 0.6 is 11.6 Å². The fourth-order valence-electron chi connectivity index (χ4n) is 1.68. The zero-order valence-corrected chi connectivity index (χ0v) is 12.1. The molecule has 1 heterocycles. The van der Waals surface area contributed by atoms with Gasteiger partial charge in [-0.3, -0.25) is 0 Å². The number of nitrogens with one attached hydrogen (secondary N) is 1. The van der Waals surface area contributed by atoms with Crippen LogP contribution in [0, 0.1) is 11.3 Å². The molecule has 20 heavy (non-hydrogen) atoms. The first-order chi connectivity index (χ1) is 9.58. The fourth-order valence-corrected chi connectivity index (χ4v) is 1.91. The van der Waals surface area contributed by atoms with E-state index >= 15 is 0 Å². The Balaban J connectivity index is 2.00. The molecule has 0 aliphatic rings. The molecule has 0 radical (unpaired) electrons. The standard InChI is InChI=1S/C15H15ClN2O2/c1-10(2)19-15-6-3-11(7-14(15)16)18-9-13-5-4-12(8-17)20-13/h3-7,10,18H,9H2,1-2H3. The van der Waals surface area contributed by atoms with Crippen molar-refractivity contribution in [2.24, 2.45) is 0 Å². The van der Waals surface area contributed by atoms with Crippen LogP contribution in [0.5, 0.6) is 5.75 Å². The Morgan fingerprint density at radius 1 is 1.35 bits per heavy atom. The van der Waals surface area contributed by atoms with Gasteiger partial charge in [-0.2, -0.15) is 5.26 Å². The van der Waals surface area contributed by atoms with Crippen LogP contribution in [0.1, 0.15) is 25.4 Å². The van der Waals surface area contributed by atoms with Crippen molar-refractivity contribution in [3.63, 3.8) is 0 Å². The number of furan rings is 1. The second kappa shape index (κ2) is 6.36. The highest BCUT2D eigenvalue weighted by Gasteiger charge is 2.06. The Bertz CT molecular complexity index is 629. The number of halogens is 1. The number of benzene rings is 1. The largest absolute Gasteiger partial charge is 0.489 e. The molecule has 1 N–H and O–H groups in total. The van der Waals surface area contributed by atoms with Crippen molar-refractivity contribution in [2.45, 2.75) is 26.5 Å². The van der Waals surface area contributed by atoms with Gasteiger partial charge in [-0.1, -0.05) is 11.6 Å². The zero-order valence-electron chi connectivity index (χ0n) is 11.3. The highest BCUT2D eigenvalue weighted by Crippen LogP contribution is 2.28. The number of anilines is 1. The normalized spacial score (nSPS) is 10.3. The van der Waals surface area contributed by atoms with Gasteiger partial charge < -0.3 is 14.5 Å². The predicted octanol–water partition coefficient (Wildman–Crippen LogP) is 4.20. The van der Waals surface area contributed by atoms with E-state index < -0.39 is 0 Å². The smallest absolute Gasteiger partial charge is 0.203 e. The minimum atomic E-state index is 0.0823. The second-order valence-electron chi connectivity index (χ2n) is 4.54. The van der Waals surface area contributed by atoms with Gasteiger partial charge in [-0.25, -0.2) is 0 Å². The monoisotopic (exact) mass is 290 g/mol. The quantitative estimate of drug-likeness (QED) is 0.896. The molecule has 104 valence electrons. The van der Waals surface area contributed by atoms with Gasteiger partial charge in [-0.15, -0.1) is 0 Å². The average molecular weight is 291 g/mol. The molecule has 0 saturated carbocycles. The van der Waals surface area contributed by atoms with E-state index in [0.29, 0.717) is 28.8 Å². The van der Waals surface area contributed by atoms with Gasteiger partial charge in [0.2, 0.25) is 5.76 Å². The van der Waals surface area contributed by atoms with Crippen LogP contribution in [0.15, 0.2) is 34.7 Å². The van der Waals surface area contributed by atoms with E-state index in [1.165, 1.54) is 0 Å². The third-order valence-electron chi connectivity index (χ3n) is 2.53. The summed E-state index contributed by atoms with van der Waals surface area (Å²) in [6, 6.07) is 10.9. The molecule has 0 amide bonds. The van der Waals surface area contributed by atoms with Crippen LogP contribution in [0.2, 0.25) is 5.02 Å². The number of rotatable bonds is 5. The van der Waals surface area contributed by atoms with Gasteiger partial charge in [0, 0.05) is 5.69 Å². The molecule has 0 aliphatic heterocycles. The van der Waals surface area contributed by atoms with Crippen LogP contribution in [0.3, 0.4) is 0 Å². The molecule has 1 aromatic heterocycles. The number of hydrogen-bond acceptors (Lipinski definition) is 4. The Labute approximate surface area is 122 Å². The van der Waals surface area contributed by atoms with Gasteiger partial charge in [-0.05, 0) is 44.2 Å². The van der Waals surface area contributed by atoms with Crippen molar-refractivity contribution in [3.8, 4) is 11.8 Å². The Hall–Kier alpha value is -2.12. The lowest BCUT2D eigenvalue weighted by Crippen LogP contribution is -2.06. The molecule has 0 fully saturated rings. The summed E-state index contributed by atoms with van der Waals surface area (Å²) in [6.45, 7) is 4.39. The summed E-state index contributed by atoms with van der Waals surface area (Å²) in [7, 11) is 0. The van der Waals surface area contributed by atoms with E-state index in [2.05, 4.69) is 5.32 Å². The van der Waals surface area contributed by atoms with E-state index in [1.54, 1.807) is 18.2 Å². The number of hydrogen-bond donors (Lipinski definition) is 1. The second-order valence-corrected chi connectivity index (χ2v) is 4.95. The molecule has 2 rings (SSSR count). The Kier molecular flexibility index (Phi) is 4.54. The highest BCUT2D eigenvalue weighted by atomic mass is 35.5. The predicted molar refractivity (Wildman–Crippen MR) is 78.0 cm³/mol. The molecule has 0 spiro atoms. The van der Waals surface area contributed by atoms with E-state index in [-0.39, 0.29) is 6.10 Å². The molecule has 1 aromatic carbocycles. The summed E-state index contributed by atoms with van der Waals surface area (Å²) in [5.74, 6) is 1.66. The van der Waals surface area contributed by atoms with E-state index in [9.17, 15) is 0 Å². The lowest BCUT2D eigenvalue weighted by molar-refractivity contribution is 0.242. The molecule has 2 aromatic rings. The van der Waals surface area contributed by atoms with Gasteiger partial charge >= 0.3 is 0 Å². The maximum atomic E-state index is 8.68. The highest BCUT2D eigenvalue weighted by molar-refractivity contribution is 6.32. The molecular formula is C15H15ClN2O2. The molecule has 0 saturated heterocycles. The van der Waals surface area contributed by atoms with Crippen molar-refractivity contribution in [1.29, 1.82) is 5.26 Å². The van der Waals surface area contributed by atoms with Crippen molar-refractivity contribution >= 4 is 17.3 Å².